The number of hydrogen-bond acceptors (Lipinski definition) is 20. The largest absolute Gasteiger partial charge is 0.391 e. The zero-order chi connectivity index (χ0) is 96.0. The van der Waals surface area contributed by atoms with E-state index in [9.17, 15) is 58.2 Å². The van der Waals surface area contributed by atoms with Crippen LogP contribution in [0.2, 0.25) is 0 Å². The van der Waals surface area contributed by atoms with Crippen molar-refractivity contribution in [3.05, 3.63) is 53.2 Å². The molecule has 0 aliphatic carbocycles. The van der Waals surface area contributed by atoms with Crippen LogP contribution in [0, 0.1) is 53.8 Å². The Balaban J connectivity index is 1.39. The van der Waals surface area contributed by atoms with Crippen LogP contribution < -0.4 is 31.9 Å². The molecule has 14 amide bonds. The van der Waals surface area contributed by atoms with Gasteiger partial charge in [-0.3, -0.25) is 72.0 Å². The molecule has 3 fully saturated rings. The van der Waals surface area contributed by atoms with E-state index in [0.29, 0.717) is 32.6 Å². The summed E-state index contributed by atoms with van der Waals surface area (Å²) in [5, 5.41) is 40.7. The summed E-state index contributed by atoms with van der Waals surface area (Å²) in [6.07, 6.45) is 3.42. The summed E-state index contributed by atoms with van der Waals surface area (Å²) in [7, 11) is 9.87. The molecule has 3 aliphatic rings. The van der Waals surface area contributed by atoms with E-state index >= 15 is 19.2 Å². The fourth-order valence-electron chi connectivity index (χ4n) is 16.8. The summed E-state index contributed by atoms with van der Waals surface area (Å²) in [4.78, 5) is 226. The van der Waals surface area contributed by atoms with Crippen LogP contribution in [-0.4, -0.2) is 333 Å². The van der Waals surface area contributed by atoms with Crippen molar-refractivity contribution < 1.29 is 77.3 Å². The van der Waals surface area contributed by atoms with Crippen molar-refractivity contribution in [2.24, 2.45) is 46.8 Å². The third-order valence-electron chi connectivity index (χ3n) is 24.7. The molecule has 127 heavy (non-hydrogen) atoms. The molecule has 34 heteroatoms. The second kappa shape index (κ2) is 49.1. The topological polar surface area (TPSA) is 397 Å². The highest BCUT2D eigenvalue weighted by Gasteiger charge is 2.49. The van der Waals surface area contributed by atoms with Gasteiger partial charge in [0.1, 0.15) is 72.5 Å². The molecule has 2 aromatic rings. The molecule has 16 atom stereocenters. The molecule has 1 aromatic carbocycles. The van der Waals surface area contributed by atoms with Gasteiger partial charge in [0.05, 0.1) is 47.4 Å². The molecule has 5 rings (SSSR count). The molecule has 1 aromatic heterocycles. The van der Waals surface area contributed by atoms with E-state index in [1.54, 1.807) is 58.4 Å². The van der Waals surface area contributed by atoms with E-state index < -0.39 is 197 Å². The Morgan fingerprint density at radius 3 is 1.60 bits per heavy atom. The number of nitrogens with zero attached hydrogens (tertiary/aromatic N) is 11. The Kier molecular flexibility index (Phi) is 42.0. The number of benzene rings is 1. The molecular formula is C93H155N17O16S. The Hall–Kier alpha value is -8.99. The van der Waals surface area contributed by atoms with E-state index in [1.807, 2.05) is 131 Å². The number of aliphatic hydroxyl groups is 2. The molecule has 714 valence electrons. The number of thiazole rings is 1. The number of likely N-dealkylation sites (N-methyl/N-ethyl adjacent to an activating group) is 7. The van der Waals surface area contributed by atoms with Crippen LogP contribution in [0.5, 0.6) is 0 Å². The lowest BCUT2D eigenvalue weighted by Gasteiger charge is -2.41. The van der Waals surface area contributed by atoms with Crippen molar-refractivity contribution in [3.8, 4) is 10.4 Å². The first kappa shape index (κ1) is 109. The molecule has 0 radical (unpaired) electrons. The van der Waals surface area contributed by atoms with Gasteiger partial charge in [0.2, 0.25) is 82.7 Å². The van der Waals surface area contributed by atoms with Crippen molar-refractivity contribution in [2.45, 2.75) is 294 Å². The predicted octanol–water partition coefficient (Wildman–Crippen LogP) is 5.45. The van der Waals surface area contributed by atoms with E-state index in [4.69, 9.17) is 0 Å². The Labute approximate surface area is 759 Å². The number of allylic oxidation sites excluding steroid dienone is 2. The number of aliphatic hydroxyl groups excluding tert-OH is 2. The number of amides is 14. The Morgan fingerprint density at radius 2 is 1.08 bits per heavy atom. The molecule has 8 N–H and O–H groups in total. The molecule has 0 bridgehead atoms. The summed E-state index contributed by atoms with van der Waals surface area (Å²) in [5.74, 6) is -11.6. The number of aryl methyl sites for hydroxylation is 1. The van der Waals surface area contributed by atoms with Gasteiger partial charge >= 0.3 is 0 Å². The lowest BCUT2D eigenvalue weighted by atomic mass is 9.85. The maximum Gasteiger partial charge on any atom is 0.246 e. The van der Waals surface area contributed by atoms with Crippen LogP contribution in [-0.2, 0) is 67.1 Å². The number of carbonyl (C=O) groups excluding carboxylic acids is 14. The second-order valence-electron chi connectivity index (χ2n) is 39.1. The van der Waals surface area contributed by atoms with E-state index in [1.165, 1.54) is 92.6 Å². The van der Waals surface area contributed by atoms with Crippen LogP contribution >= 0.6 is 11.3 Å². The molecular weight excluding hydrogens is 1640 g/mol. The van der Waals surface area contributed by atoms with Gasteiger partial charge in [0.25, 0.3) is 0 Å². The first-order valence-electron chi connectivity index (χ1n) is 45.6. The van der Waals surface area contributed by atoms with Crippen LogP contribution in [0.4, 0.5) is 0 Å². The van der Waals surface area contributed by atoms with Crippen molar-refractivity contribution in [1.29, 1.82) is 0 Å². The van der Waals surface area contributed by atoms with Gasteiger partial charge in [0, 0.05) is 88.5 Å². The highest BCUT2D eigenvalue weighted by atomic mass is 32.1. The zero-order valence-corrected chi connectivity index (χ0v) is 82.0. The highest BCUT2D eigenvalue weighted by Crippen LogP contribution is 2.32. The minimum absolute atomic E-state index is 0.0295. The monoisotopic (exact) mass is 1800 g/mol. The normalized spacial score (nSPS) is 25.3. The second-order valence-corrected chi connectivity index (χ2v) is 40.0. The molecule has 0 unspecified atom stereocenters. The number of carbonyl (C=O) groups is 14. The highest BCUT2D eigenvalue weighted by molar-refractivity contribution is 7.13. The molecule has 4 heterocycles. The van der Waals surface area contributed by atoms with Crippen LogP contribution in [0.25, 0.3) is 10.4 Å². The Bertz CT molecular complexity index is 4080. The number of β-amino-alcohol motifs (C(OH)–C–C–N with tert-alkyl or cyclic N) is 1. The quantitative estimate of drug-likeness (QED) is 0.0407. The summed E-state index contributed by atoms with van der Waals surface area (Å²) < 4.78 is 0. The summed E-state index contributed by atoms with van der Waals surface area (Å²) in [5.41, 5.74) is 3.86. The van der Waals surface area contributed by atoms with Gasteiger partial charge in [-0.05, 0) is 144 Å². The molecule has 0 spiro atoms. The van der Waals surface area contributed by atoms with E-state index in [2.05, 4.69) is 41.8 Å². The fourth-order valence-corrected chi connectivity index (χ4v) is 17.6. The lowest BCUT2D eigenvalue weighted by molar-refractivity contribution is -0.157. The minimum atomic E-state index is -1.71. The fraction of sp³-hybridized carbons (Fsp3) is 0.731. The minimum Gasteiger partial charge on any atom is -0.391 e. The van der Waals surface area contributed by atoms with Gasteiger partial charge in [0.15, 0.2) is 0 Å². The zero-order valence-electron chi connectivity index (χ0n) is 81.2. The summed E-state index contributed by atoms with van der Waals surface area (Å²) >= 11 is 1.55. The predicted molar refractivity (Wildman–Crippen MR) is 491 cm³/mol. The average molecular weight is 1800 g/mol. The lowest BCUT2D eigenvalue weighted by Crippen LogP contribution is -2.63. The first-order chi connectivity index (χ1) is 59.2. The Morgan fingerprint density at radius 1 is 0.575 bits per heavy atom. The van der Waals surface area contributed by atoms with Crippen LogP contribution in [0.15, 0.2) is 41.9 Å². The summed E-state index contributed by atoms with van der Waals surface area (Å²) in [6, 6.07) is -7.34. The maximum atomic E-state index is 15.6. The van der Waals surface area contributed by atoms with E-state index in [0.717, 1.165) is 44.5 Å². The summed E-state index contributed by atoms with van der Waals surface area (Å²) in [6.45, 7) is 39.9. The number of unbranched alkanes of at least 4 members (excludes halogenated alkanes) is 1. The smallest absolute Gasteiger partial charge is 0.246 e. The van der Waals surface area contributed by atoms with Crippen LogP contribution in [0.3, 0.4) is 0 Å². The van der Waals surface area contributed by atoms with Crippen molar-refractivity contribution in [2.75, 3.05) is 102 Å². The maximum absolute atomic E-state index is 15.6. The van der Waals surface area contributed by atoms with Gasteiger partial charge in [-0.25, -0.2) is 4.98 Å². The van der Waals surface area contributed by atoms with Gasteiger partial charge in [-0.2, -0.15) is 0 Å². The van der Waals surface area contributed by atoms with Crippen LogP contribution in [0.1, 0.15) is 214 Å². The van der Waals surface area contributed by atoms with E-state index in [-0.39, 0.29) is 87.6 Å². The number of nitrogens with one attached hydrogen (secondary N) is 6. The SMILES string of the molecule is CC[C@@H]1NC(=O)[C@H]([C@H](O)[C@H](C)C/C=C/CCCN2CCN(CC(=O)N[C@H](C(=O)N3C[C@H](O)C[C@H]3C(=O)N[C@@H](C)c3ccc(-c4scnc4C)cc3)C(C)(C)C)CC2)N(C)C(=O)[C@H](C(C)C)N(C)C(=O)[C@H](CC(C)C)N(C)C(=O)[C@H](CC(C)C)N(C)C(=O)[C@@H](C)NC(=O)[C@H](C)NC(=O)[C@H](CC(C)C)N(C)C(=O)[C@H](C(C)C)NC(=O)[C@H](CC(C)C)N(C)C(=O)CN(C)C1=O. The number of likely N-dealkylation sites (tertiary alicyclic amines) is 1. The molecule has 3 aliphatic heterocycles. The third kappa shape index (κ3) is 30.3. The third-order valence-corrected chi connectivity index (χ3v) is 25.7. The number of aromatic nitrogens is 1. The first-order valence-corrected chi connectivity index (χ1v) is 46.5. The van der Waals surface area contributed by atoms with Gasteiger partial charge < -0.3 is 86.2 Å². The average Bonchev–Trinajstić information content (AvgIpc) is 1.76. The number of rotatable bonds is 27. The molecule has 33 nitrogen and oxygen atoms in total. The molecule has 0 saturated carbocycles. The van der Waals surface area contributed by atoms with Crippen molar-refractivity contribution in [1.82, 2.24) is 85.9 Å². The van der Waals surface area contributed by atoms with Crippen molar-refractivity contribution in [3.63, 3.8) is 0 Å². The number of piperazine rings is 1. The van der Waals surface area contributed by atoms with Gasteiger partial charge in [-0.15, -0.1) is 11.3 Å². The number of hydrogen-bond donors (Lipinski definition) is 8. The molecule has 3 saturated heterocycles. The van der Waals surface area contributed by atoms with Gasteiger partial charge in [-0.1, -0.05) is 154 Å². The standard InChI is InChI=1S/C93H155N17O16S/c1-29-67-87(121)101(22)51-74(113)102(23)68(44-53(2)3)83(117)100-75(57(10)11)90(124)103(24)69(45-54(4)5)82(116)96-62(17)81(115)97-63(18)86(120)104(25)71(46-55(6)7)88(122)105(26)72(47-56(8)9)89(123)106(27)76(58(12)13)91(125)107(28)77(85(119)98-67)78(114)59(14)34-32-30-31-33-39-108-40-42-109(43-41-108)50-73(112)99-80(93(19,20)21)92(126)110-49-66(111)48-70(110)84(118)95-60(15)64-35-37-65(38-36-64)79-61(16)94-52-127-79/h30,32,35-38,52-60,62-63,66-72,75-78,80,111,114H,29,31,33-34,39-51H2,1-28H3,(H,95,118)(H,96,116)(H,97,115)(H,98,119)(H,99,112)(H,100,117)/b32-30+/t59-,60+,62+,63-,66-,67+,68+,69+,70+,71+,72+,75+,76+,77+,78-,80-/m1/s1. The van der Waals surface area contributed by atoms with Crippen molar-refractivity contribution >= 4 is 94.0 Å².